The number of hydrogen-bond donors (Lipinski definition) is 0. The SMILES string of the molecule is C[C@@H](OC(=O)c1ccc(F)c(F)c1)C(=O)C12CC3CC(CC(C3)C1)C2. The van der Waals surface area contributed by atoms with Crippen LogP contribution in [-0.2, 0) is 9.53 Å². The van der Waals surface area contributed by atoms with Crippen LogP contribution in [0.25, 0.3) is 0 Å². The van der Waals surface area contributed by atoms with Gasteiger partial charge in [-0.15, -0.1) is 0 Å². The minimum absolute atomic E-state index is 0.00235. The van der Waals surface area contributed by atoms with Crippen LogP contribution in [-0.4, -0.2) is 17.9 Å². The summed E-state index contributed by atoms with van der Waals surface area (Å²) in [6.07, 6.45) is 5.55. The third kappa shape index (κ3) is 2.87. The van der Waals surface area contributed by atoms with E-state index < -0.39 is 23.7 Å². The second kappa shape index (κ2) is 5.89. The predicted molar refractivity (Wildman–Crippen MR) is 86.8 cm³/mol. The van der Waals surface area contributed by atoms with E-state index >= 15 is 0 Å². The van der Waals surface area contributed by atoms with Crippen LogP contribution in [0.3, 0.4) is 0 Å². The summed E-state index contributed by atoms with van der Waals surface area (Å²) in [5.74, 6) is -1.02. The third-order valence-electron chi connectivity index (χ3n) is 6.37. The number of benzene rings is 1. The number of ether oxygens (including phenoxy) is 1. The molecule has 4 aliphatic carbocycles. The van der Waals surface area contributed by atoms with E-state index in [1.807, 2.05) is 0 Å². The largest absolute Gasteiger partial charge is 0.451 e. The molecule has 0 radical (unpaired) electrons. The molecule has 134 valence electrons. The molecule has 0 aromatic heterocycles. The highest BCUT2D eigenvalue weighted by atomic mass is 19.2. The van der Waals surface area contributed by atoms with Gasteiger partial charge in [-0.25, -0.2) is 13.6 Å². The smallest absolute Gasteiger partial charge is 0.338 e. The molecule has 0 N–H and O–H groups in total. The van der Waals surface area contributed by atoms with Crippen LogP contribution in [0.1, 0.15) is 55.8 Å². The molecule has 1 aromatic carbocycles. The molecule has 0 aliphatic heterocycles. The van der Waals surface area contributed by atoms with Crippen molar-refractivity contribution in [2.45, 2.75) is 51.6 Å². The first-order valence-corrected chi connectivity index (χ1v) is 9.06. The van der Waals surface area contributed by atoms with Crippen molar-refractivity contribution in [3.63, 3.8) is 0 Å². The normalized spacial score (nSPS) is 34.0. The number of esters is 1. The van der Waals surface area contributed by atoms with Crippen LogP contribution in [0, 0.1) is 34.8 Å². The van der Waals surface area contributed by atoms with E-state index in [0.29, 0.717) is 17.8 Å². The molecule has 4 fully saturated rings. The van der Waals surface area contributed by atoms with E-state index in [0.717, 1.165) is 31.4 Å². The van der Waals surface area contributed by atoms with Gasteiger partial charge in [0.15, 0.2) is 23.5 Å². The van der Waals surface area contributed by atoms with Crippen LogP contribution in [0.15, 0.2) is 18.2 Å². The first kappa shape index (κ1) is 16.7. The van der Waals surface area contributed by atoms with Crippen molar-refractivity contribution in [3.8, 4) is 0 Å². The molecule has 25 heavy (non-hydrogen) atoms. The van der Waals surface area contributed by atoms with Crippen molar-refractivity contribution >= 4 is 11.8 Å². The van der Waals surface area contributed by atoms with E-state index in [9.17, 15) is 18.4 Å². The Morgan fingerprint density at radius 1 is 1.04 bits per heavy atom. The van der Waals surface area contributed by atoms with Gasteiger partial charge in [-0.2, -0.15) is 0 Å². The minimum atomic E-state index is -1.10. The second-order valence-corrected chi connectivity index (χ2v) is 8.24. The molecule has 0 amide bonds. The Balaban J connectivity index is 1.47. The lowest BCUT2D eigenvalue weighted by molar-refractivity contribution is -0.152. The molecule has 4 saturated carbocycles. The van der Waals surface area contributed by atoms with Crippen LogP contribution in [0.4, 0.5) is 8.78 Å². The maximum absolute atomic E-state index is 13.3. The van der Waals surface area contributed by atoms with Gasteiger partial charge in [0.25, 0.3) is 0 Å². The molecule has 0 unspecified atom stereocenters. The third-order valence-corrected chi connectivity index (χ3v) is 6.37. The Bertz CT molecular complexity index is 692. The molecule has 1 atom stereocenters. The molecular weight excluding hydrogens is 326 g/mol. The van der Waals surface area contributed by atoms with Crippen LogP contribution >= 0.6 is 0 Å². The van der Waals surface area contributed by atoms with Gasteiger partial charge in [0, 0.05) is 5.41 Å². The number of carbonyl (C=O) groups is 2. The van der Waals surface area contributed by atoms with Gasteiger partial charge in [0.05, 0.1) is 5.56 Å². The molecular formula is C20H22F2O3. The molecule has 4 bridgehead atoms. The molecule has 0 spiro atoms. The highest BCUT2D eigenvalue weighted by molar-refractivity contribution is 5.94. The van der Waals surface area contributed by atoms with Gasteiger partial charge < -0.3 is 4.74 Å². The van der Waals surface area contributed by atoms with Crippen LogP contribution in [0.2, 0.25) is 0 Å². The average molecular weight is 348 g/mol. The number of hydrogen-bond acceptors (Lipinski definition) is 3. The fourth-order valence-electron chi connectivity index (χ4n) is 5.75. The number of halogens is 2. The zero-order valence-corrected chi connectivity index (χ0v) is 14.3. The molecule has 1 aromatic rings. The minimum Gasteiger partial charge on any atom is -0.451 e. The predicted octanol–water partition coefficient (Wildman–Crippen LogP) is 4.30. The van der Waals surface area contributed by atoms with Crippen molar-refractivity contribution in [1.82, 2.24) is 0 Å². The summed E-state index contributed by atoms with van der Waals surface area (Å²) < 4.78 is 31.6. The summed E-state index contributed by atoms with van der Waals surface area (Å²) in [6.45, 7) is 1.60. The van der Waals surface area contributed by atoms with Crippen molar-refractivity contribution < 1.29 is 23.1 Å². The van der Waals surface area contributed by atoms with Gasteiger partial charge in [-0.05, 0) is 81.4 Å². The summed E-state index contributed by atoms with van der Waals surface area (Å²) in [7, 11) is 0. The van der Waals surface area contributed by atoms with E-state index in [1.54, 1.807) is 6.92 Å². The van der Waals surface area contributed by atoms with Crippen molar-refractivity contribution in [1.29, 1.82) is 0 Å². The fraction of sp³-hybridized carbons (Fsp3) is 0.600. The maximum Gasteiger partial charge on any atom is 0.338 e. The Morgan fingerprint density at radius 3 is 2.12 bits per heavy atom. The summed E-state index contributed by atoms with van der Waals surface area (Å²) in [5.41, 5.74) is -0.424. The summed E-state index contributed by atoms with van der Waals surface area (Å²) >= 11 is 0. The zero-order chi connectivity index (χ0) is 17.8. The summed E-state index contributed by atoms with van der Waals surface area (Å²) in [4.78, 5) is 25.3. The molecule has 0 heterocycles. The Hall–Kier alpha value is -1.78. The monoisotopic (exact) mass is 348 g/mol. The number of Topliss-reactive ketones (excluding diaryl/α,β-unsaturated/α-hetero) is 1. The standard InChI is InChI=1S/C20H22F2O3/c1-11(25-19(24)15-2-3-16(21)17(22)7-15)18(23)20-8-12-4-13(9-20)6-14(5-12)10-20/h2-3,7,11-14H,4-6,8-10H2,1H3/t11-,12?,13?,14?,20?/m1/s1. The Labute approximate surface area is 145 Å². The topological polar surface area (TPSA) is 43.4 Å². The lowest BCUT2D eigenvalue weighted by atomic mass is 9.48. The molecule has 5 rings (SSSR count). The maximum atomic E-state index is 13.3. The number of carbonyl (C=O) groups excluding carboxylic acids is 2. The van der Waals surface area contributed by atoms with Gasteiger partial charge in [0.1, 0.15) is 0 Å². The first-order chi connectivity index (χ1) is 11.9. The number of ketones is 1. The Kier molecular flexibility index (Phi) is 3.93. The van der Waals surface area contributed by atoms with Crippen molar-refractivity contribution in [3.05, 3.63) is 35.4 Å². The highest BCUT2D eigenvalue weighted by Gasteiger charge is 2.55. The van der Waals surface area contributed by atoms with Crippen molar-refractivity contribution in [2.75, 3.05) is 0 Å². The van der Waals surface area contributed by atoms with Crippen molar-refractivity contribution in [2.24, 2.45) is 23.2 Å². The number of rotatable bonds is 4. The molecule has 3 nitrogen and oxygen atoms in total. The molecule has 4 aliphatic rings. The molecule has 5 heteroatoms. The summed E-state index contributed by atoms with van der Waals surface area (Å²) in [6, 6.07) is 2.86. The Morgan fingerprint density at radius 2 is 1.60 bits per heavy atom. The fourth-order valence-corrected chi connectivity index (χ4v) is 5.75. The van der Waals surface area contributed by atoms with E-state index in [1.165, 1.54) is 25.3 Å². The highest BCUT2D eigenvalue weighted by Crippen LogP contribution is 2.60. The first-order valence-electron chi connectivity index (χ1n) is 9.06. The lowest BCUT2D eigenvalue weighted by Gasteiger charge is -2.56. The van der Waals surface area contributed by atoms with E-state index in [-0.39, 0.29) is 16.8 Å². The van der Waals surface area contributed by atoms with E-state index in [2.05, 4.69) is 0 Å². The summed E-state index contributed by atoms with van der Waals surface area (Å²) in [5, 5.41) is 0. The van der Waals surface area contributed by atoms with E-state index in [4.69, 9.17) is 4.74 Å². The van der Waals surface area contributed by atoms with Gasteiger partial charge in [-0.1, -0.05) is 0 Å². The van der Waals surface area contributed by atoms with Gasteiger partial charge in [0.2, 0.25) is 0 Å². The van der Waals surface area contributed by atoms with Crippen LogP contribution in [0.5, 0.6) is 0 Å². The average Bonchev–Trinajstić information content (AvgIpc) is 2.55. The quantitative estimate of drug-likeness (QED) is 0.762. The molecule has 0 saturated heterocycles. The second-order valence-electron chi connectivity index (χ2n) is 8.24. The lowest BCUT2D eigenvalue weighted by Crippen LogP contribution is -2.52. The van der Waals surface area contributed by atoms with Gasteiger partial charge >= 0.3 is 5.97 Å². The zero-order valence-electron chi connectivity index (χ0n) is 14.3. The van der Waals surface area contributed by atoms with Gasteiger partial charge in [-0.3, -0.25) is 4.79 Å². The van der Waals surface area contributed by atoms with Crippen LogP contribution < -0.4 is 0 Å².